The van der Waals surface area contributed by atoms with Gasteiger partial charge < -0.3 is 14.4 Å². The first-order chi connectivity index (χ1) is 13.7. The molecular weight excluding hydrogens is 350 g/mol. The van der Waals surface area contributed by atoms with Gasteiger partial charge in [-0.25, -0.2) is 0 Å². The minimum absolute atomic E-state index is 0.152. The predicted molar refractivity (Wildman–Crippen MR) is 115 cm³/mol. The molecule has 28 heavy (non-hydrogen) atoms. The molecular formula is C24H39NO3. The molecule has 158 valence electrons. The fourth-order valence-electron chi connectivity index (χ4n) is 3.64. The summed E-state index contributed by atoms with van der Waals surface area (Å²) in [6, 6.07) is 5.82. The number of hydrogen-bond acceptors (Lipinski definition) is 4. The Labute approximate surface area is 171 Å². The number of hydrogen-bond donors (Lipinski definition) is 0. The highest BCUT2D eigenvalue weighted by molar-refractivity contribution is 5.75. The quantitative estimate of drug-likeness (QED) is 0.217. The average Bonchev–Trinajstić information content (AvgIpc) is 2.69. The standard InChI is InChI=1S/C24H39NO3/c1-3-4-5-6-7-8-9-10-11-12-17-25(2)18-19-27-22-15-13-21-14-16-24(26)28-23(21)20-22/h13,15,20H,3-12,14,16-19H2,1-2H3. The van der Waals surface area contributed by atoms with Crippen LogP contribution in [0.1, 0.15) is 83.1 Å². The largest absolute Gasteiger partial charge is 0.492 e. The first-order valence-corrected chi connectivity index (χ1v) is 11.3. The zero-order valence-corrected chi connectivity index (χ0v) is 18.0. The van der Waals surface area contributed by atoms with Crippen LogP contribution in [-0.4, -0.2) is 37.6 Å². The first kappa shape index (κ1) is 22.7. The van der Waals surface area contributed by atoms with E-state index in [1.54, 1.807) is 0 Å². The van der Waals surface area contributed by atoms with Crippen LogP contribution in [0.5, 0.6) is 11.5 Å². The number of esters is 1. The van der Waals surface area contributed by atoms with Crippen molar-refractivity contribution >= 4 is 5.97 Å². The third-order valence-corrected chi connectivity index (χ3v) is 5.50. The zero-order valence-electron chi connectivity index (χ0n) is 18.0. The summed E-state index contributed by atoms with van der Waals surface area (Å²) in [5, 5.41) is 0. The number of unbranched alkanes of at least 4 members (excludes halogenated alkanes) is 9. The number of rotatable bonds is 15. The predicted octanol–water partition coefficient (Wildman–Crippen LogP) is 5.77. The molecule has 0 atom stereocenters. The first-order valence-electron chi connectivity index (χ1n) is 11.3. The van der Waals surface area contributed by atoms with E-state index in [0.717, 1.165) is 30.8 Å². The lowest BCUT2D eigenvalue weighted by Crippen LogP contribution is -2.25. The molecule has 1 aliphatic rings. The number of nitrogens with zero attached hydrogens (tertiary/aromatic N) is 1. The van der Waals surface area contributed by atoms with Crippen LogP contribution in [0.2, 0.25) is 0 Å². The third kappa shape index (κ3) is 9.09. The Morgan fingerprint density at radius 1 is 0.929 bits per heavy atom. The molecule has 1 heterocycles. The summed E-state index contributed by atoms with van der Waals surface area (Å²) in [5.41, 5.74) is 1.09. The van der Waals surface area contributed by atoms with Gasteiger partial charge in [0.1, 0.15) is 18.1 Å². The van der Waals surface area contributed by atoms with E-state index in [0.29, 0.717) is 18.8 Å². The maximum Gasteiger partial charge on any atom is 0.311 e. The molecule has 0 saturated heterocycles. The summed E-state index contributed by atoms with van der Waals surface area (Å²) in [6.45, 7) is 4.96. The number of benzene rings is 1. The summed E-state index contributed by atoms with van der Waals surface area (Å²) in [5.74, 6) is 1.29. The Balaban J connectivity index is 1.47. The van der Waals surface area contributed by atoms with E-state index in [4.69, 9.17) is 9.47 Å². The Bertz CT molecular complexity index is 573. The van der Waals surface area contributed by atoms with Crippen LogP contribution in [0, 0.1) is 0 Å². The Hall–Kier alpha value is -1.55. The summed E-state index contributed by atoms with van der Waals surface area (Å²) in [6.07, 6.45) is 15.0. The van der Waals surface area contributed by atoms with Gasteiger partial charge in [-0.3, -0.25) is 4.79 Å². The minimum Gasteiger partial charge on any atom is -0.492 e. The van der Waals surface area contributed by atoms with Gasteiger partial charge in [0.25, 0.3) is 0 Å². The van der Waals surface area contributed by atoms with Crippen LogP contribution in [0.25, 0.3) is 0 Å². The summed E-state index contributed by atoms with van der Waals surface area (Å²) >= 11 is 0. The van der Waals surface area contributed by atoms with Gasteiger partial charge in [-0.15, -0.1) is 0 Å². The molecule has 0 saturated carbocycles. The third-order valence-electron chi connectivity index (χ3n) is 5.50. The molecule has 0 amide bonds. The van der Waals surface area contributed by atoms with Crippen molar-refractivity contribution < 1.29 is 14.3 Å². The van der Waals surface area contributed by atoms with Gasteiger partial charge in [-0.05, 0) is 38.1 Å². The number of aryl methyl sites for hydroxylation is 1. The van der Waals surface area contributed by atoms with Crippen molar-refractivity contribution in [2.75, 3.05) is 26.7 Å². The van der Waals surface area contributed by atoms with Crippen LogP contribution in [0.3, 0.4) is 0 Å². The van der Waals surface area contributed by atoms with E-state index in [1.165, 1.54) is 64.2 Å². The van der Waals surface area contributed by atoms with Crippen molar-refractivity contribution in [3.05, 3.63) is 23.8 Å². The molecule has 0 fully saturated rings. The smallest absolute Gasteiger partial charge is 0.311 e. The van der Waals surface area contributed by atoms with Crippen molar-refractivity contribution in [2.45, 2.75) is 84.0 Å². The van der Waals surface area contributed by atoms with Gasteiger partial charge in [0.2, 0.25) is 0 Å². The molecule has 4 nitrogen and oxygen atoms in total. The highest BCUT2D eigenvalue weighted by atomic mass is 16.5. The molecule has 1 aromatic carbocycles. The Morgan fingerprint density at radius 3 is 2.32 bits per heavy atom. The molecule has 2 rings (SSSR count). The van der Waals surface area contributed by atoms with Crippen LogP contribution in [0.4, 0.5) is 0 Å². The van der Waals surface area contributed by atoms with Crippen molar-refractivity contribution in [3.63, 3.8) is 0 Å². The molecule has 1 aliphatic heterocycles. The van der Waals surface area contributed by atoms with E-state index >= 15 is 0 Å². The van der Waals surface area contributed by atoms with Gasteiger partial charge in [0.05, 0.1) is 6.42 Å². The number of fused-ring (bicyclic) bond motifs is 1. The van der Waals surface area contributed by atoms with Crippen LogP contribution >= 0.6 is 0 Å². The fourth-order valence-corrected chi connectivity index (χ4v) is 3.64. The van der Waals surface area contributed by atoms with Crippen LogP contribution in [-0.2, 0) is 11.2 Å². The summed E-state index contributed by atoms with van der Waals surface area (Å²) in [7, 11) is 2.16. The number of ether oxygens (including phenoxy) is 2. The van der Waals surface area contributed by atoms with Crippen LogP contribution in [0.15, 0.2) is 18.2 Å². The maximum atomic E-state index is 11.4. The van der Waals surface area contributed by atoms with E-state index < -0.39 is 0 Å². The van der Waals surface area contributed by atoms with E-state index in [2.05, 4.69) is 18.9 Å². The molecule has 0 bridgehead atoms. The molecule has 0 aliphatic carbocycles. The Morgan fingerprint density at radius 2 is 1.61 bits per heavy atom. The molecule has 1 aromatic rings. The van der Waals surface area contributed by atoms with Gasteiger partial charge >= 0.3 is 5.97 Å². The van der Waals surface area contributed by atoms with Crippen molar-refractivity contribution in [1.82, 2.24) is 4.90 Å². The van der Waals surface area contributed by atoms with Gasteiger partial charge in [-0.1, -0.05) is 70.8 Å². The van der Waals surface area contributed by atoms with E-state index in [1.807, 2.05) is 18.2 Å². The van der Waals surface area contributed by atoms with Crippen molar-refractivity contribution in [1.29, 1.82) is 0 Å². The Kier molecular flexibility index (Phi) is 11.0. The van der Waals surface area contributed by atoms with E-state index in [-0.39, 0.29) is 5.97 Å². The second kappa shape index (κ2) is 13.6. The topological polar surface area (TPSA) is 38.8 Å². The van der Waals surface area contributed by atoms with Gasteiger partial charge in [-0.2, -0.15) is 0 Å². The number of carbonyl (C=O) groups is 1. The fraction of sp³-hybridized carbons (Fsp3) is 0.708. The summed E-state index contributed by atoms with van der Waals surface area (Å²) < 4.78 is 11.1. The highest BCUT2D eigenvalue weighted by Crippen LogP contribution is 2.29. The molecule has 0 N–H and O–H groups in total. The van der Waals surface area contributed by atoms with E-state index in [9.17, 15) is 4.79 Å². The zero-order chi connectivity index (χ0) is 20.0. The summed E-state index contributed by atoms with van der Waals surface area (Å²) in [4.78, 5) is 13.7. The lowest BCUT2D eigenvalue weighted by atomic mass is 10.1. The number of likely N-dealkylation sites (N-methyl/N-ethyl adjacent to an activating group) is 1. The van der Waals surface area contributed by atoms with Gasteiger partial charge in [0, 0.05) is 12.6 Å². The lowest BCUT2D eigenvalue weighted by Gasteiger charge is -2.18. The average molecular weight is 390 g/mol. The molecule has 4 heteroatoms. The van der Waals surface area contributed by atoms with Crippen molar-refractivity contribution in [3.8, 4) is 11.5 Å². The normalized spacial score (nSPS) is 13.5. The second-order valence-corrected chi connectivity index (χ2v) is 8.08. The van der Waals surface area contributed by atoms with Crippen molar-refractivity contribution in [2.24, 2.45) is 0 Å². The SMILES string of the molecule is CCCCCCCCCCCCN(C)CCOc1ccc2c(c1)OC(=O)CC2. The van der Waals surface area contributed by atoms with Crippen LogP contribution < -0.4 is 9.47 Å². The second-order valence-electron chi connectivity index (χ2n) is 8.08. The lowest BCUT2D eigenvalue weighted by molar-refractivity contribution is -0.135. The maximum absolute atomic E-state index is 11.4. The number of carbonyl (C=O) groups excluding carboxylic acids is 1. The molecule has 0 aromatic heterocycles. The molecule has 0 unspecified atom stereocenters. The monoisotopic (exact) mass is 389 g/mol. The molecule has 0 radical (unpaired) electrons. The highest BCUT2D eigenvalue weighted by Gasteiger charge is 2.17. The minimum atomic E-state index is -0.152. The molecule has 0 spiro atoms. The van der Waals surface area contributed by atoms with Gasteiger partial charge in [0.15, 0.2) is 0 Å².